The Morgan fingerprint density at radius 2 is 1.60 bits per heavy atom. The average Bonchev–Trinajstić information content (AvgIpc) is 3.08. The third-order valence-electron chi connectivity index (χ3n) is 4.17. The monoisotopic (exact) mass is 333 g/mol. The van der Waals surface area contributed by atoms with Crippen molar-refractivity contribution in [3.05, 3.63) is 77.0 Å². The molecule has 0 saturated carbocycles. The van der Waals surface area contributed by atoms with Gasteiger partial charge in [-0.2, -0.15) is 0 Å². The van der Waals surface area contributed by atoms with Crippen LogP contribution in [0.3, 0.4) is 0 Å². The predicted octanol–water partition coefficient (Wildman–Crippen LogP) is 5.02. The molecule has 4 nitrogen and oxygen atoms in total. The first-order valence-electron chi connectivity index (χ1n) is 8.04. The number of anilines is 1. The number of hydrogen-bond donors (Lipinski definition) is 1. The van der Waals surface area contributed by atoms with Gasteiger partial charge < -0.3 is 9.73 Å². The third-order valence-corrected chi connectivity index (χ3v) is 4.17. The van der Waals surface area contributed by atoms with Gasteiger partial charge in [-0.25, -0.2) is 0 Å². The quantitative estimate of drug-likeness (QED) is 0.682. The number of aryl methyl sites for hydroxylation is 2. The number of hydrogen-bond acceptors (Lipinski definition) is 3. The molecule has 1 aromatic heterocycles. The zero-order valence-electron chi connectivity index (χ0n) is 14.4. The Bertz CT molecular complexity index is 936. The number of nitrogens with one attached hydrogen (secondary N) is 1. The molecule has 0 atom stereocenters. The molecule has 1 heterocycles. The number of carbonyl (C=O) groups excluding carboxylic acids is 2. The number of ketones is 1. The molecule has 0 aliphatic carbocycles. The first kappa shape index (κ1) is 16.7. The number of furan rings is 1. The Morgan fingerprint density at radius 1 is 0.880 bits per heavy atom. The van der Waals surface area contributed by atoms with Crippen LogP contribution in [0.15, 0.2) is 59.0 Å². The van der Waals surface area contributed by atoms with Gasteiger partial charge in [0, 0.05) is 16.8 Å². The molecule has 3 rings (SSSR count). The highest BCUT2D eigenvalue weighted by Gasteiger charge is 2.13. The minimum absolute atomic E-state index is 0.0121. The summed E-state index contributed by atoms with van der Waals surface area (Å²) in [7, 11) is 0. The van der Waals surface area contributed by atoms with Gasteiger partial charge >= 0.3 is 0 Å². The summed E-state index contributed by atoms with van der Waals surface area (Å²) in [4.78, 5) is 23.6. The summed E-state index contributed by atoms with van der Waals surface area (Å²) in [5, 5.41) is 2.77. The highest BCUT2D eigenvalue weighted by Crippen LogP contribution is 2.25. The summed E-state index contributed by atoms with van der Waals surface area (Å²) in [5.74, 6) is 0.552. The van der Waals surface area contributed by atoms with Crippen LogP contribution < -0.4 is 5.32 Å². The van der Waals surface area contributed by atoms with Crippen molar-refractivity contribution in [3.8, 4) is 11.3 Å². The predicted molar refractivity (Wildman–Crippen MR) is 98.0 cm³/mol. The summed E-state index contributed by atoms with van der Waals surface area (Å²) in [6.45, 7) is 5.60. The van der Waals surface area contributed by atoms with Crippen LogP contribution in [-0.4, -0.2) is 11.7 Å². The van der Waals surface area contributed by atoms with Gasteiger partial charge in [0.15, 0.2) is 11.5 Å². The molecule has 2 aromatic carbocycles. The average molecular weight is 333 g/mol. The van der Waals surface area contributed by atoms with E-state index in [9.17, 15) is 9.59 Å². The zero-order chi connectivity index (χ0) is 18.0. The fraction of sp³-hybridized carbons (Fsp3) is 0.143. The van der Waals surface area contributed by atoms with Gasteiger partial charge in [-0.05, 0) is 74.4 Å². The summed E-state index contributed by atoms with van der Waals surface area (Å²) in [6.07, 6.45) is 0. The van der Waals surface area contributed by atoms with Gasteiger partial charge in [-0.15, -0.1) is 0 Å². The Balaban J connectivity index is 1.76. The topological polar surface area (TPSA) is 59.3 Å². The molecule has 3 aromatic rings. The fourth-order valence-corrected chi connectivity index (χ4v) is 2.49. The van der Waals surface area contributed by atoms with E-state index in [1.165, 1.54) is 18.1 Å². The van der Waals surface area contributed by atoms with Crippen molar-refractivity contribution >= 4 is 17.4 Å². The van der Waals surface area contributed by atoms with Gasteiger partial charge in [-0.3, -0.25) is 9.59 Å². The van der Waals surface area contributed by atoms with Crippen molar-refractivity contribution in [1.29, 1.82) is 0 Å². The maximum atomic E-state index is 12.3. The zero-order valence-corrected chi connectivity index (χ0v) is 14.4. The Hall–Kier alpha value is -3.14. The molecule has 1 amide bonds. The molecule has 4 heteroatoms. The van der Waals surface area contributed by atoms with Crippen molar-refractivity contribution in [3.63, 3.8) is 0 Å². The number of amides is 1. The Morgan fingerprint density at radius 3 is 2.24 bits per heavy atom. The van der Waals surface area contributed by atoms with E-state index in [1.54, 1.807) is 36.4 Å². The van der Waals surface area contributed by atoms with Crippen LogP contribution >= 0.6 is 0 Å². The van der Waals surface area contributed by atoms with E-state index in [4.69, 9.17) is 4.42 Å². The van der Waals surface area contributed by atoms with Crippen LogP contribution in [-0.2, 0) is 0 Å². The first-order valence-corrected chi connectivity index (χ1v) is 8.04. The molecular formula is C21H19NO3. The van der Waals surface area contributed by atoms with Crippen LogP contribution in [0.2, 0.25) is 0 Å². The van der Waals surface area contributed by atoms with Crippen LogP contribution in [0.25, 0.3) is 11.3 Å². The SMILES string of the molecule is CC(=O)c1ccc(NC(=O)c2ccc(-c3ccc(C)c(C)c3)o2)cc1. The molecule has 0 aliphatic heterocycles. The second kappa shape index (κ2) is 6.77. The minimum atomic E-state index is -0.328. The van der Waals surface area contributed by atoms with E-state index in [-0.39, 0.29) is 17.5 Å². The van der Waals surface area contributed by atoms with E-state index in [0.717, 1.165) is 5.56 Å². The largest absolute Gasteiger partial charge is 0.451 e. The van der Waals surface area contributed by atoms with Gasteiger partial charge in [0.2, 0.25) is 0 Å². The number of carbonyl (C=O) groups is 2. The first-order chi connectivity index (χ1) is 11.9. The maximum Gasteiger partial charge on any atom is 0.291 e. The van der Waals surface area contributed by atoms with E-state index in [0.29, 0.717) is 17.0 Å². The van der Waals surface area contributed by atoms with E-state index in [1.807, 2.05) is 25.1 Å². The molecule has 0 bridgehead atoms. The smallest absolute Gasteiger partial charge is 0.291 e. The number of rotatable bonds is 4. The molecule has 1 N–H and O–H groups in total. The lowest BCUT2D eigenvalue weighted by Crippen LogP contribution is -2.10. The summed E-state index contributed by atoms with van der Waals surface area (Å²) in [5.41, 5.74) is 4.54. The molecule has 0 radical (unpaired) electrons. The number of benzene rings is 2. The fourth-order valence-electron chi connectivity index (χ4n) is 2.49. The normalized spacial score (nSPS) is 10.5. The maximum absolute atomic E-state index is 12.3. The lowest BCUT2D eigenvalue weighted by Gasteiger charge is -2.04. The summed E-state index contributed by atoms with van der Waals surface area (Å²) >= 11 is 0. The van der Waals surface area contributed by atoms with E-state index < -0.39 is 0 Å². The molecule has 126 valence electrons. The van der Waals surface area contributed by atoms with E-state index >= 15 is 0 Å². The van der Waals surface area contributed by atoms with Gasteiger partial charge in [-0.1, -0.05) is 12.1 Å². The second-order valence-corrected chi connectivity index (χ2v) is 6.05. The Kier molecular flexibility index (Phi) is 4.52. The van der Waals surface area contributed by atoms with Crippen LogP contribution in [0.5, 0.6) is 0 Å². The van der Waals surface area contributed by atoms with Gasteiger partial charge in [0.05, 0.1) is 0 Å². The Labute approximate surface area is 146 Å². The molecule has 0 unspecified atom stereocenters. The standard InChI is InChI=1S/C21H19NO3/c1-13-4-5-17(12-14(13)2)19-10-11-20(25-19)21(24)22-18-8-6-16(7-9-18)15(3)23/h4-12H,1-3H3,(H,22,24). The van der Waals surface area contributed by atoms with Crippen LogP contribution in [0.1, 0.15) is 39.0 Å². The van der Waals surface area contributed by atoms with Gasteiger partial charge in [0.1, 0.15) is 5.76 Å². The van der Waals surface area contributed by atoms with Gasteiger partial charge in [0.25, 0.3) is 5.91 Å². The minimum Gasteiger partial charge on any atom is -0.451 e. The van der Waals surface area contributed by atoms with Crippen molar-refractivity contribution in [2.24, 2.45) is 0 Å². The lowest BCUT2D eigenvalue weighted by molar-refractivity contribution is 0.0995. The highest BCUT2D eigenvalue weighted by atomic mass is 16.3. The molecule has 0 spiro atoms. The molecule has 0 aliphatic rings. The van der Waals surface area contributed by atoms with Crippen LogP contribution in [0, 0.1) is 13.8 Å². The van der Waals surface area contributed by atoms with E-state index in [2.05, 4.69) is 12.2 Å². The summed E-state index contributed by atoms with van der Waals surface area (Å²) < 4.78 is 5.69. The van der Waals surface area contributed by atoms with Crippen molar-refractivity contribution in [2.75, 3.05) is 5.32 Å². The molecule has 0 fully saturated rings. The van der Waals surface area contributed by atoms with Crippen molar-refractivity contribution in [1.82, 2.24) is 0 Å². The lowest BCUT2D eigenvalue weighted by atomic mass is 10.1. The third kappa shape index (κ3) is 3.69. The van der Waals surface area contributed by atoms with Crippen molar-refractivity contribution < 1.29 is 14.0 Å². The molecule has 25 heavy (non-hydrogen) atoms. The number of Topliss-reactive ketones (excluding diaryl/α,β-unsaturated/α-hetero) is 1. The summed E-state index contributed by atoms with van der Waals surface area (Å²) in [6, 6.07) is 16.2. The molecular weight excluding hydrogens is 314 g/mol. The second-order valence-electron chi connectivity index (χ2n) is 6.05. The highest BCUT2D eigenvalue weighted by molar-refractivity contribution is 6.03. The molecule has 0 saturated heterocycles. The van der Waals surface area contributed by atoms with Crippen molar-refractivity contribution in [2.45, 2.75) is 20.8 Å². The van der Waals surface area contributed by atoms with Crippen LogP contribution in [0.4, 0.5) is 5.69 Å².